The molecule has 11 heteroatoms. The van der Waals surface area contributed by atoms with E-state index in [0.29, 0.717) is 52.5 Å². The van der Waals surface area contributed by atoms with Crippen molar-refractivity contribution in [3.63, 3.8) is 0 Å². The molecule has 20 bridgehead atoms. The van der Waals surface area contributed by atoms with E-state index in [1.807, 2.05) is 19.1 Å². The Hall–Kier alpha value is -7.93. The number of methoxy groups -OCH3 is 1. The van der Waals surface area contributed by atoms with Gasteiger partial charge in [0.05, 0.1) is 25.4 Å². The Kier molecular flexibility index (Phi) is 15.4. The van der Waals surface area contributed by atoms with E-state index in [1.54, 1.807) is 0 Å². The third-order valence-corrected chi connectivity index (χ3v) is 26.8. The Morgan fingerprint density at radius 3 is 2.40 bits per heavy atom. The lowest BCUT2D eigenvalue weighted by atomic mass is 9.48. The number of carbonyl (C=O) groups is 2. The van der Waals surface area contributed by atoms with E-state index in [-0.39, 0.29) is 120 Å². The Morgan fingerprint density at radius 2 is 1.55 bits per heavy atom. The summed E-state index contributed by atoms with van der Waals surface area (Å²) < 4.78 is 34.8. The van der Waals surface area contributed by atoms with E-state index in [4.69, 9.17) is 23.4 Å². The maximum Gasteiger partial charge on any atom is 0.340 e. The van der Waals surface area contributed by atoms with Crippen molar-refractivity contribution in [2.75, 3.05) is 26.9 Å². The highest BCUT2D eigenvalue weighted by Gasteiger charge is 2.63. The highest BCUT2D eigenvalue weighted by molar-refractivity contribution is 5.91. The van der Waals surface area contributed by atoms with E-state index in [0.717, 1.165) is 50.5 Å². The van der Waals surface area contributed by atoms with Crippen LogP contribution in [0.4, 0.5) is 0 Å². The largest absolute Gasteiger partial charge is 0.483 e. The summed E-state index contributed by atoms with van der Waals surface area (Å²) in [6.45, 7) is 2.80. The van der Waals surface area contributed by atoms with E-state index < -0.39 is 47.9 Å². The van der Waals surface area contributed by atoms with Gasteiger partial charge in [0.1, 0.15) is 11.3 Å². The Bertz CT molecular complexity index is 4600. The summed E-state index contributed by atoms with van der Waals surface area (Å²) in [6.07, 6.45) is 22.7. The standard InChI is InChI=1S/C87H88O11/c1-47(44-89)68-42-70-56-35-49-16-14-48(15-17-49)34-50-18-19-52-20-24-59-9-6-10-60-25-29-66-63(12-7-13-74(66)87(59,60)75(52)36-50)53-22-26-61-54-23-28-64(70)69(39-54)57(38-56)40-72-65-27-21-51-8-4-5-11-62(51)71(65)43-76(72)86(2)83(97-84(68)92)82(95-78(91)41-58(61)37-53)80-77(98-86)31-30-67-73(45-90)79(85(93)96-81(67)80)55(32-33-88)46-94-3/h4-5,7-8,11-24,26-28,30-31,36,39,53,55-61,65,70-72,76,82-83,88-90H,6,9-10,25,29,32-35,37-38,40-46H2,1-3H3. The zero-order valence-electron chi connectivity index (χ0n) is 56.4. The third-order valence-electron chi connectivity index (χ3n) is 26.8. The molecule has 2 saturated carbocycles. The van der Waals surface area contributed by atoms with Crippen LogP contribution >= 0.6 is 0 Å². The highest BCUT2D eigenvalue weighted by atomic mass is 16.6. The van der Waals surface area contributed by atoms with Crippen molar-refractivity contribution in [1.82, 2.24) is 0 Å². The number of hydrogen-bond donors (Lipinski definition) is 3. The second-order valence-electron chi connectivity index (χ2n) is 31.4. The fourth-order valence-corrected chi connectivity index (χ4v) is 22.5. The van der Waals surface area contributed by atoms with Crippen molar-refractivity contribution in [2.45, 2.75) is 169 Å². The SMILES string of the molecule is COCC(CCO)c1c(CO)c2ccc3c(c2oc1=O)C1OC(=O)CC2CC4C=CC2c2ccc5c(c2)C2CC(Cc6ccc(cc6)Cc6ccc7c(c6)C68c9cccc4c9CCC6CCCC8C=C7)C5CC(=C(C)CO)C(=O)OC1C(C)(O3)C1CC3c4ccccc4C=CC3C1C2. The molecule has 15 aliphatic carbocycles. The van der Waals surface area contributed by atoms with Crippen LogP contribution in [0.2, 0.25) is 0 Å². The second kappa shape index (κ2) is 24.2. The molecule has 1 saturated heterocycles. The first-order valence-corrected chi connectivity index (χ1v) is 36.7. The summed E-state index contributed by atoms with van der Waals surface area (Å²) >= 11 is 0. The smallest absolute Gasteiger partial charge is 0.340 e. The molecule has 7 aromatic rings. The zero-order valence-corrected chi connectivity index (χ0v) is 56.4. The molecule has 17 atom stereocenters. The van der Waals surface area contributed by atoms with E-state index in [2.05, 4.69) is 147 Å². The van der Waals surface area contributed by atoms with Crippen molar-refractivity contribution in [3.05, 3.63) is 250 Å². The molecule has 98 heavy (non-hydrogen) atoms. The number of ether oxygens (including phenoxy) is 4. The van der Waals surface area contributed by atoms with Gasteiger partial charge >= 0.3 is 17.6 Å². The molecule has 5 heterocycles. The second-order valence-corrected chi connectivity index (χ2v) is 31.4. The van der Waals surface area contributed by atoms with Crippen molar-refractivity contribution in [2.24, 2.45) is 41.4 Å². The van der Waals surface area contributed by atoms with Crippen molar-refractivity contribution in [1.29, 1.82) is 0 Å². The number of fused-ring (bicyclic) bond motifs is 10. The molecule has 502 valence electrons. The highest BCUT2D eigenvalue weighted by Crippen LogP contribution is 2.65. The number of hydrogen-bond acceptors (Lipinski definition) is 11. The van der Waals surface area contributed by atoms with Gasteiger partial charge < -0.3 is 38.7 Å². The molecule has 0 amide bonds. The number of allylic oxidation sites excluding steroid dienone is 4. The van der Waals surface area contributed by atoms with Gasteiger partial charge in [-0.2, -0.15) is 0 Å². The van der Waals surface area contributed by atoms with Gasteiger partial charge in [0.25, 0.3) is 0 Å². The van der Waals surface area contributed by atoms with Gasteiger partial charge in [-0.25, -0.2) is 9.59 Å². The first-order chi connectivity index (χ1) is 47.8. The lowest BCUT2D eigenvalue weighted by Gasteiger charge is -2.55. The molecular weight excluding hydrogens is 1220 g/mol. The minimum absolute atomic E-state index is 0.00891. The van der Waals surface area contributed by atoms with Gasteiger partial charge in [0.2, 0.25) is 0 Å². The van der Waals surface area contributed by atoms with Crippen molar-refractivity contribution < 1.29 is 48.3 Å². The molecule has 1 spiro atoms. The van der Waals surface area contributed by atoms with Gasteiger partial charge in [-0.1, -0.05) is 146 Å². The van der Waals surface area contributed by atoms with E-state index in [9.17, 15) is 20.1 Å². The molecular formula is C87H88O11. The first kappa shape index (κ1) is 62.3. The van der Waals surface area contributed by atoms with Crippen LogP contribution < -0.4 is 10.4 Å². The lowest BCUT2D eigenvalue weighted by Crippen LogP contribution is -2.59. The minimum Gasteiger partial charge on any atom is -0.483 e. The number of aliphatic hydroxyl groups excluding tert-OH is 3. The Labute approximate surface area is 573 Å². The Balaban J connectivity index is 0.891. The molecule has 11 nitrogen and oxygen atoms in total. The normalized spacial score (nSPS) is 32.7. The quantitative estimate of drug-likeness (QED) is 0.0603. The molecule has 3 fully saturated rings. The van der Waals surface area contributed by atoms with Crippen molar-refractivity contribution >= 4 is 35.1 Å². The molecule has 0 radical (unpaired) electrons. The molecule has 1 aromatic heterocycles. The maximum absolute atomic E-state index is 16.4. The number of aliphatic hydroxyl groups is 3. The molecule has 17 unspecified atom stereocenters. The average Bonchev–Trinajstić information content (AvgIpc) is 0.907. The summed E-state index contributed by atoms with van der Waals surface area (Å²) in [5.41, 5.74) is 16.4. The number of benzene rings is 6. The van der Waals surface area contributed by atoms with Crippen LogP contribution in [0.3, 0.4) is 0 Å². The fraction of sp³-hybridized carbons (Fsp3) is 0.437. The topological polar surface area (TPSA) is 162 Å². The summed E-state index contributed by atoms with van der Waals surface area (Å²) in [7, 11) is 1.53. The summed E-state index contributed by atoms with van der Waals surface area (Å²) in [4.78, 5) is 47.8. The van der Waals surface area contributed by atoms with Gasteiger partial charge in [-0.05, 0) is 240 Å². The molecule has 3 N–H and O–H groups in total. The predicted octanol–water partition coefficient (Wildman–Crippen LogP) is 15.8. The van der Waals surface area contributed by atoms with Crippen LogP contribution in [-0.2, 0) is 55.1 Å². The minimum atomic E-state index is -1.39. The van der Waals surface area contributed by atoms with Gasteiger partial charge in [-0.3, -0.25) is 4.79 Å². The van der Waals surface area contributed by atoms with E-state index in [1.165, 1.54) is 86.7 Å². The number of esters is 2. The van der Waals surface area contributed by atoms with Crippen LogP contribution in [0.1, 0.15) is 215 Å². The summed E-state index contributed by atoms with van der Waals surface area (Å²) in [5, 5.41) is 33.7. The third kappa shape index (κ3) is 9.65. The summed E-state index contributed by atoms with van der Waals surface area (Å²) in [5.74, 6) is -1.18. The van der Waals surface area contributed by atoms with Crippen molar-refractivity contribution in [3.8, 4) is 5.75 Å². The Morgan fingerprint density at radius 1 is 0.714 bits per heavy atom. The van der Waals surface area contributed by atoms with Crippen LogP contribution in [0, 0.1) is 41.4 Å². The molecule has 6 aromatic carbocycles. The number of rotatable bonds is 7. The molecule has 19 aliphatic rings. The average molecular weight is 1310 g/mol. The van der Waals surface area contributed by atoms with Crippen LogP contribution in [0.15, 0.2) is 160 Å². The lowest BCUT2D eigenvalue weighted by molar-refractivity contribution is -0.202. The van der Waals surface area contributed by atoms with Gasteiger partial charge in [-0.15, -0.1) is 0 Å². The van der Waals surface area contributed by atoms with Crippen LogP contribution in [0.5, 0.6) is 5.75 Å². The number of carbonyl (C=O) groups excluding carboxylic acids is 2. The fourth-order valence-electron chi connectivity index (χ4n) is 22.5. The molecule has 4 aliphatic heterocycles. The first-order valence-electron chi connectivity index (χ1n) is 36.7. The predicted molar refractivity (Wildman–Crippen MR) is 377 cm³/mol. The molecule has 26 rings (SSSR count). The monoisotopic (exact) mass is 1310 g/mol. The van der Waals surface area contributed by atoms with Crippen LogP contribution in [0.25, 0.3) is 23.1 Å². The van der Waals surface area contributed by atoms with Gasteiger partial charge in [0.15, 0.2) is 17.8 Å². The van der Waals surface area contributed by atoms with Crippen LogP contribution in [-0.4, -0.2) is 65.9 Å². The van der Waals surface area contributed by atoms with E-state index >= 15 is 9.59 Å². The zero-order chi connectivity index (χ0) is 66.5. The summed E-state index contributed by atoms with van der Waals surface area (Å²) in [6, 6.07) is 43.5. The van der Waals surface area contributed by atoms with Gasteiger partial charge in [0, 0.05) is 65.7 Å². The maximum atomic E-state index is 16.4.